The quantitative estimate of drug-likeness (QED) is 0.335. The molecule has 5 aromatic rings. The molecule has 0 spiro atoms. The van der Waals surface area contributed by atoms with Gasteiger partial charge in [0.25, 0.3) is 0 Å². The Bertz CT molecular complexity index is 1520. The Labute approximate surface area is 212 Å². The van der Waals surface area contributed by atoms with Gasteiger partial charge in [0, 0.05) is 52.4 Å². The molecule has 1 saturated heterocycles. The first-order valence-corrected chi connectivity index (χ1v) is 12.4. The van der Waals surface area contributed by atoms with E-state index in [-0.39, 0.29) is 11.7 Å². The van der Waals surface area contributed by atoms with Gasteiger partial charge in [-0.15, -0.1) is 5.10 Å². The highest BCUT2D eigenvalue weighted by Gasteiger charge is 2.25. The molecule has 1 N–H and O–H groups in total. The molecule has 2 aromatic carbocycles. The number of nitrogens with one attached hydrogen (secondary N) is 1. The van der Waals surface area contributed by atoms with Crippen molar-refractivity contribution in [3.63, 3.8) is 0 Å². The maximum absolute atomic E-state index is 14.3. The fourth-order valence-electron chi connectivity index (χ4n) is 4.99. The highest BCUT2D eigenvalue weighted by atomic mass is 35.5. The second kappa shape index (κ2) is 9.44. The van der Waals surface area contributed by atoms with Gasteiger partial charge >= 0.3 is 0 Å². The number of hydrogen-bond donors (Lipinski definition) is 1. The number of piperidine rings is 1. The molecule has 6 rings (SSSR count). The SMILES string of the molecule is Cc1cc(-c2n[nH]c3ccc(-n4cc([C@@H]5CCCN(Cc6c(F)cccc6Cl)C5)nn4)cc23)ccn1. The van der Waals surface area contributed by atoms with Crippen LogP contribution in [0.5, 0.6) is 0 Å². The summed E-state index contributed by atoms with van der Waals surface area (Å²) in [6, 6.07) is 14.9. The van der Waals surface area contributed by atoms with Crippen molar-refractivity contribution in [3.8, 4) is 16.9 Å². The van der Waals surface area contributed by atoms with Gasteiger partial charge in [0.1, 0.15) is 11.5 Å². The summed E-state index contributed by atoms with van der Waals surface area (Å²) in [5.74, 6) is -0.0300. The molecule has 0 bridgehead atoms. The van der Waals surface area contributed by atoms with E-state index in [2.05, 4.69) is 36.5 Å². The molecule has 0 amide bonds. The minimum absolute atomic E-state index is 0.228. The van der Waals surface area contributed by atoms with Crippen molar-refractivity contribution in [1.82, 2.24) is 35.1 Å². The van der Waals surface area contributed by atoms with Crippen LogP contribution >= 0.6 is 11.6 Å². The largest absolute Gasteiger partial charge is 0.298 e. The monoisotopic (exact) mass is 501 g/mol. The Morgan fingerprint density at radius 1 is 1.17 bits per heavy atom. The molecule has 0 aliphatic carbocycles. The molecule has 7 nitrogen and oxygen atoms in total. The lowest BCUT2D eigenvalue weighted by Crippen LogP contribution is -2.34. The molecule has 1 atom stereocenters. The minimum atomic E-state index is -0.258. The Balaban J connectivity index is 1.24. The number of aryl methyl sites for hydroxylation is 1. The third-order valence-corrected chi connectivity index (χ3v) is 7.21. The number of hydrogen-bond acceptors (Lipinski definition) is 5. The topological polar surface area (TPSA) is 75.5 Å². The van der Waals surface area contributed by atoms with E-state index in [1.807, 2.05) is 42.1 Å². The second-order valence-corrected chi connectivity index (χ2v) is 9.76. The highest BCUT2D eigenvalue weighted by Crippen LogP contribution is 2.31. The van der Waals surface area contributed by atoms with Crippen molar-refractivity contribution in [3.05, 3.63) is 88.7 Å². The highest BCUT2D eigenvalue weighted by molar-refractivity contribution is 6.31. The van der Waals surface area contributed by atoms with Crippen LogP contribution in [-0.4, -0.2) is 48.2 Å². The molecule has 1 fully saturated rings. The first-order valence-electron chi connectivity index (χ1n) is 12.0. The lowest BCUT2D eigenvalue weighted by molar-refractivity contribution is 0.196. The van der Waals surface area contributed by atoms with Crippen LogP contribution in [-0.2, 0) is 6.54 Å². The summed E-state index contributed by atoms with van der Waals surface area (Å²) in [7, 11) is 0. The molecule has 0 saturated carbocycles. The molecule has 0 radical (unpaired) electrons. The predicted molar refractivity (Wildman–Crippen MR) is 138 cm³/mol. The Morgan fingerprint density at radius 3 is 2.94 bits per heavy atom. The number of H-pyrrole nitrogens is 1. The average molecular weight is 502 g/mol. The van der Waals surface area contributed by atoms with E-state index in [0.29, 0.717) is 17.1 Å². The van der Waals surface area contributed by atoms with Gasteiger partial charge in [0.2, 0.25) is 0 Å². The van der Waals surface area contributed by atoms with E-state index in [1.54, 1.807) is 18.3 Å². The predicted octanol–water partition coefficient (Wildman–Crippen LogP) is 5.69. The van der Waals surface area contributed by atoms with Gasteiger partial charge in [-0.2, -0.15) is 5.10 Å². The molecule has 4 heterocycles. The van der Waals surface area contributed by atoms with Gasteiger partial charge in [-0.3, -0.25) is 15.0 Å². The summed E-state index contributed by atoms with van der Waals surface area (Å²) >= 11 is 6.26. The van der Waals surface area contributed by atoms with E-state index in [0.717, 1.165) is 65.2 Å². The van der Waals surface area contributed by atoms with Gasteiger partial charge < -0.3 is 0 Å². The molecule has 0 unspecified atom stereocenters. The van der Waals surface area contributed by atoms with Crippen LogP contribution in [0.2, 0.25) is 5.02 Å². The van der Waals surface area contributed by atoms with E-state index in [4.69, 9.17) is 11.6 Å². The van der Waals surface area contributed by atoms with Crippen molar-refractivity contribution in [2.24, 2.45) is 0 Å². The molecule has 9 heteroatoms. The van der Waals surface area contributed by atoms with Crippen LogP contribution in [0.15, 0.2) is 60.9 Å². The van der Waals surface area contributed by atoms with Crippen LogP contribution in [0, 0.1) is 12.7 Å². The number of fused-ring (bicyclic) bond motifs is 1. The molecule has 1 aliphatic heterocycles. The van der Waals surface area contributed by atoms with E-state index in [1.165, 1.54) is 6.07 Å². The summed E-state index contributed by atoms with van der Waals surface area (Å²) in [6.07, 6.45) is 5.83. The number of benzene rings is 2. The Hall–Kier alpha value is -3.62. The van der Waals surface area contributed by atoms with Crippen molar-refractivity contribution in [1.29, 1.82) is 0 Å². The Kier molecular flexibility index (Phi) is 5.99. The summed E-state index contributed by atoms with van der Waals surface area (Å²) in [5.41, 5.74) is 6.21. The standard InChI is InChI=1S/C27H25ClFN7/c1-17-12-18(9-10-30-17)27-21-13-20(7-8-25(21)31-33-27)36-16-26(32-34-36)19-4-3-11-35(14-19)15-22-23(28)5-2-6-24(22)29/h2,5-10,12-13,16,19H,3-4,11,14-15H2,1H3,(H,31,33)/t19-/m1/s1. The lowest BCUT2D eigenvalue weighted by atomic mass is 9.95. The number of likely N-dealkylation sites (tertiary alicyclic amines) is 1. The van der Waals surface area contributed by atoms with E-state index >= 15 is 0 Å². The second-order valence-electron chi connectivity index (χ2n) is 9.35. The molecule has 3 aromatic heterocycles. The summed E-state index contributed by atoms with van der Waals surface area (Å²) in [4.78, 5) is 6.54. The zero-order chi connectivity index (χ0) is 24.6. The number of aromatic amines is 1. The van der Waals surface area contributed by atoms with Crippen LogP contribution in [0.3, 0.4) is 0 Å². The maximum atomic E-state index is 14.3. The molecular formula is C27H25ClFN7. The number of aromatic nitrogens is 6. The lowest BCUT2D eigenvalue weighted by Gasteiger charge is -2.32. The third-order valence-electron chi connectivity index (χ3n) is 6.86. The smallest absolute Gasteiger partial charge is 0.129 e. The third kappa shape index (κ3) is 4.38. The number of halogens is 2. The van der Waals surface area contributed by atoms with Gasteiger partial charge in [-0.1, -0.05) is 22.9 Å². The van der Waals surface area contributed by atoms with Crippen molar-refractivity contribution in [2.75, 3.05) is 13.1 Å². The van der Waals surface area contributed by atoms with Crippen LogP contribution in [0.25, 0.3) is 27.8 Å². The normalized spacial score (nSPS) is 16.6. The average Bonchev–Trinajstić information content (AvgIpc) is 3.54. The molecule has 36 heavy (non-hydrogen) atoms. The molecule has 182 valence electrons. The first kappa shape index (κ1) is 22.8. The van der Waals surface area contributed by atoms with Crippen molar-refractivity contribution >= 4 is 22.5 Å². The number of rotatable bonds is 5. The van der Waals surface area contributed by atoms with Crippen molar-refractivity contribution in [2.45, 2.75) is 32.2 Å². The minimum Gasteiger partial charge on any atom is -0.298 e. The van der Waals surface area contributed by atoms with Gasteiger partial charge in [-0.25, -0.2) is 9.07 Å². The van der Waals surface area contributed by atoms with Crippen LogP contribution < -0.4 is 0 Å². The summed E-state index contributed by atoms with van der Waals surface area (Å²) in [6.45, 7) is 4.15. The first-order chi connectivity index (χ1) is 17.5. The van der Waals surface area contributed by atoms with Crippen molar-refractivity contribution < 1.29 is 4.39 Å². The fraction of sp³-hybridized carbons (Fsp3) is 0.259. The zero-order valence-corrected chi connectivity index (χ0v) is 20.6. The zero-order valence-electron chi connectivity index (χ0n) is 19.8. The number of pyridine rings is 1. The molecule has 1 aliphatic rings. The maximum Gasteiger partial charge on any atom is 0.129 e. The fourth-order valence-corrected chi connectivity index (χ4v) is 5.22. The number of nitrogens with zero attached hydrogens (tertiary/aromatic N) is 6. The van der Waals surface area contributed by atoms with Gasteiger partial charge in [-0.05, 0) is 68.8 Å². The van der Waals surface area contributed by atoms with Gasteiger partial charge in [0.05, 0.1) is 23.1 Å². The van der Waals surface area contributed by atoms with E-state index < -0.39 is 0 Å². The van der Waals surface area contributed by atoms with Crippen LogP contribution in [0.1, 0.15) is 35.7 Å². The van der Waals surface area contributed by atoms with E-state index in [9.17, 15) is 4.39 Å². The Morgan fingerprint density at radius 2 is 2.08 bits per heavy atom. The van der Waals surface area contributed by atoms with Crippen LogP contribution in [0.4, 0.5) is 4.39 Å². The molecular weight excluding hydrogens is 477 g/mol. The summed E-state index contributed by atoms with van der Waals surface area (Å²) < 4.78 is 16.1. The van der Waals surface area contributed by atoms with Gasteiger partial charge in [0.15, 0.2) is 0 Å². The summed E-state index contributed by atoms with van der Waals surface area (Å²) in [5, 5.41) is 18.1.